The van der Waals surface area contributed by atoms with Crippen LogP contribution in [0.2, 0.25) is 0 Å². The van der Waals surface area contributed by atoms with E-state index in [1.165, 1.54) is 4.88 Å². The fourth-order valence-corrected chi connectivity index (χ4v) is 2.50. The number of fused-ring (bicyclic) bond motifs is 1. The topological polar surface area (TPSA) is 52.0 Å². The average molecular weight is 244 g/mol. The van der Waals surface area contributed by atoms with Crippen LogP contribution >= 0.6 is 11.3 Å². The van der Waals surface area contributed by atoms with E-state index in [4.69, 9.17) is 10.2 Å². The minimum Gasteiger partial charge on any atom is -0.459 e. The first kappa shape index (κ1) is 10.5. The zero-order valence-electron chi connectivity index (χ0n) is 9.17. The van der Waals surface area contributed by atoms with Crippen molar-refractivity contribution < 1.29 is 4.42 Å². The van der Waals surface area contributed by atoms with Crippen molar-refractivity contribution in [2.45, 2.75) is 12.5 Å². The summed E-state index contributed by atoms with van der Waals surface area (Å²) in [6.45, 7) is 0. The van der Waals surface area contributed by atoms with Gasteiger partial charge in [-0.05, 0) is 12.1 Å². The van der Waals surface area contributed by atoms with E-state index in [0.717, 1.165) is 23.2 Å². The van der Waals surface area contributed by atoms with E-state index in [9.17, 15) is 0 Å². The van der Waals surface area contributed by atoms with Crippen LogP contribution in [-0.2, 0) is 6.42 Å². The lowest BCUT2D eigenvalue weighted by Crippen LogP contribution is -2.11. The summed E-state index contributed by atoms with van der Waals surface area (Å²) in [5.41, 5.74) is 8.85. The number of aromatic nitrogens is 1. The van der Waals surface area contributed by atoms with Gasteiger partial charge in [-0.3, -0.25) is 4.98 Å². The summed E-state index contributed by atoms with van der Waals surface area (Å²) in [6, 6.07) is 9.85. The molecule has 2 aromatic heterocycles. The maximum absolute atomic E-state index is 6.14. The predicted molar refractivity (Wildman–Crippen MR) is 69.0 cm³/mol. The van der Waals surface area contributed by atoms with Gasteiger partial charge in [0.15, 0.2) is 0 Å². The lowest BCUT2D eigenvalue weighted by Gasteiger charge is -2.05. The number of hydrogen-bond acceptors (Lipinski definition) is 4. The summed E-state index contributed by atoms with van der Waals surface area (Å²) >= 11 is 1.62. The van der Waals surface area contributed by atoms with Crippen molar-refractivity contribution in [3.05, 3.63) is 52.7 Å². The lowest BCUT2D eigenvalue weighted by molar-refractivity contribution is 0.495. The third-order valence-electron chi connectivity index (χ3n) is 2.71. The molecular formula is C13H12N2OS. The van der Waals surface area contributed by atoms with Gasteiger partial charge in [-0.15, -0.1) is 11.3 Å². The molecule has 86 valence electrons. The van der Waals surface area contributed by atoms with Gasteiger partial charge >= 0.3 is 0 Å². The van der Waals surface area contributed by atoms with E-state index >= 15 is 0 Å². The monoisotopic (exact) mass is 244 g/mol. The van der Waals surface area contributed by atoms with Crippen LogP contribution in [-0.4, -0.2) is 4.98 Å². The number of thiazole rings is 1. The molecule has 0 fully saturated rings. The van der Waals surface area contributed by atoms with Crippen molar-refractivity contribution in [1.29, 1.82) is 0 Å². The van der Waals surface area contributed by atoms with Crippen LogP contribution in [0, 0.1) is 0 Å². The molecule has 0 aliphatic rings. The zero-order chi connectivity index (χ0) is 11.7. The summed E-state index contributed by atoms with van der Waals surface area (Å²) in [5.74, 6) is 0.833. The van der Waals surface area contributed by atoms with Gasteiger partial charge in [0.2, 0.25) is 0 Å². The number of rotatable bonds is 3. The summed E-state index contributed by atoms with van der Waals surface area (Å²) in [5, 5.41) is 1.10. The van der Waals surface area contributed by atoms with Gasteiger partial charge in [-0.2, -0.15) is 0 Å². The molecule has 0 bridgehead atoms. The molecule has 1 unspecified atom stereocenters. The third-order valence-corrected chi connectivity index (χ3v) is 3.52. The zero-order valence-corrected chi connectivity index (χ0v) is 9.98. The lowest BCUT2D eigenvalue weighted by atomic mass is 10.1. The molecule has 2 heterocycles. The van der Waals surface area contributed by atoms with E-state index in [1.807, 2.05) is 42.0 Å². The summed E-state index contributed by atoms with van der Waals surface area (Å²) in [7, 11) is 0. The molecule has 0 saturated carbocycles. The van der Waals surface area contributed by atoms with E-state index < -0.39 is 0 Å². The second kappa shape index (κ2) is 4.31. The largest absolute Gasteiger partial charge is 0.459 e. The highest BCUT2D eigenvalue weighted by Crippen LogP contribution is 2.25. The standard InChI is InChI=1S/C13H12N2OS/c14-11(6-10-7-15-8-17-10)13-5-9-3-1-2-4-12(9)16-13/h1-5,7-8,11H,6,14H2. The Balaban J connectivity index is 1.88. The van der Waals surface area contributed by atoms with Crippen molar-refractivity contribution in [2.75, 3.05) is 0 Å². The van der Waals surface area contributed by atoms with Gasteiger partial charge < -0.3 is 10.2 Å². The number of benzene rings is 1. The van der Waals surface area contributed by atoms with Crippen LogP contribution in [0.1, 0.15) is 16.7 Å². The highest BCUT2D eigenvalue weighted by Gasteiger charge is 2.13. The van der Waals surface area contributed by atoms with Gasteiger partial charge in [0, 0.05) is 22.9 Å². The first-order chi connectivity index (χ1) is 8.33. The van der Waals surface area contributed by atoms with Gasteiger partial charge in [0.1, 0.15) is 11.3 Å². The van der Waals surface area contributed by atoms with E-state index in [1.54, 1.807) is 11.3 Å². The Morgan fingerprint density at radius 3 is 3.00 bits per heavy atom. The van der Waals surface area contributed by atoms with E-state index in [2.05, 4.69) is 4.98 Å². The Morgan fingerprint density at radius 2 is 2.24 bits per heavy atom. The normalized spacial score (nSPS) is 13.0. The molecule has 4 heteroatoms. The Kier molecular flexibility index (Phi) is 2.66. The number of para-hydroxylation sites is 1. The Hall–Kier alpha value is -1.65. The second-order valence-electron chi connectivity index (χ2n) is 3.96. The van der Waals surface area contributed by atoms with Crippen molar-refractivity contribution in [3.63, 3.8) is 0 Å². The van der Waals surface area contributed by atoms with Gasteiger partial charge in [-0.1, -0.05) is 18.2 Å². The van der Waals surface area contributed by atoms with Crippen LogP contribution in [0.25, 0.3) is 11.0 Å². The molecule has 3 nitrogen and oxygen atoms in total. The predicted octanol–water partition coefficient (Wildman–Crippen LogP) is 3.13. The first-order valence-electron chi connectivity index (χ1n) is 5.44. The minimum atomic E-state index is -0.108. The summed E-state index contributed by atoms with van der Waals surface area (Å²) < 4.78 is 5.74. The second-order valence-corrected chi connectivity index (χ2v) is 4.94. The molecule has 3 rings (SSSR count). The van der Waals surface area contributed by atoms with E-state index in [-0.39, 0.29) is 6.04 Å². The number of nitrogens with two attached hydrogens (primary N) is 1. The van der Waals surface area contributed by atoms with Crippen LogP contribution in [0.3, 0.4) is 0 Å². The van der Waals surface area contributed by atoms with Gasteiger partial charge in [0.25, 0.3) is 0 Å². The molecule has 0 saturated heterocycles. The molecule has 0 radical (unpaired) electrons. The van der Waals surface area contributed by atoms with Crippen molar-refractivity contribution in [1.82, 2.24) is 4.98 Å². The Morgan fingerprint density at radius 1 is 1.35 bits per heavy atom. The van der Waals surface area contributed by atoms with Crippen molar-refractivity contribution in [3.8, 4) is 0 Å². The average Bonchev–Trinajstić information content (AvgIpc) is 2.96. The van der Waals surface area contributed by atoms with Crippen LogP contribution in [0.4, 0.5) is 0 Å². The molecule has 3 aromatic rings. The van der Waals surface area contributed by atoms with Crippen molar-refractivity contribution in [2.24, 2.45) is 5.73 Å². The Bertz CT molecular complexity index is 582. The SMILES string of the molecule is NC(Cc1cncs1)c1cc2ccccc2o1. The van der Waals surface area contributed by atoms with Crippen LogP contribution in [0.15, 0.2) is 46.5 Å². The molecular weight excluding hydrogens is 232 g/mol. The summed E-state index contributed by atoms with van der Waals surface area (Å²) in [6.07, 6.45) is 2.62. The first-order valence-corrected chi connectivity index (χ1v) is 6.32. The highest BCUT2D eigenvalue weighted by atomic mass is 32.1. The molecule has 0 aliphatic carbocycles. The maximum atomic E-state index is 6.14. The number of nitrogens with zero attached hydrogens (tertiary/aromatic N) is 1. The van der Waals surface area contributed by atoms with Crippen molar-refractivity contribution >= 4 is 22.3 Å². The third kappa shape index (κ3) is 2.09. The maximum Gasteiger partial charge on any atom is 0.134 e. The number of furan rings is 1. The van der Waals surface area contributed by atoms with Gasteiger partial charge in [0.05, 0.1) is 11.6 Å². The molecule has 0 amide bonds. The van der Waals surface area contributed by atoms with Gasteiger partial charge in [-0.25, -0.2) is 0 Å². The molecule has 17 heavy (non-hydrogen) atoms. The smallest absolute Gasteiger partial charge is 0.134 e. The molecule has 1 atom stereocenters. The molecule has 1 aromatic carbocycles. The quantitative estimate of drug-likeness (QED) is 0.770. The fourth-order valence-electron chi connectivity index (χ4n) is 1.85. The fraction of sp³-hybridized carbons (Fsp3) is 0.154. The van der Waals surface area contributed by atoms with Crippen LogP contribution in [0.5, 0.6) is 0 Å². The van der Waals surface area contributed by atoms with E-state index in [0.29, 0.717) is 0 Å². The molecule has 0 aliphatic heterocycles. The number of hydrogen-bond donors (Lipinski definition) is 1. The molecule has 0 spiro atoms. The Labute approximate surface area is 103 Å². The highest BCUT2D eigenvalue weighted by molar-refractivity contribution is 7.09. The molecule has 2 N–H and O–H groups in total. The van der Waals surface area contributed by atoms with Crippen LogP contribution < -0.4 is 5.73 Å². The minimum absolute atomic E-state index is 0.108. The summed E-state index contributed by atoms with van der Waals surface area (Å²) in [4.78, 5) is 5.22.